The number of nitrogens with zero attached hydrogens (tertiary/aromatic N) is 2. The summed E-state index contributed by atoms with van der Waals surface area (Å²) in [6.07, 6.45) is 5.11. The lowest BCUT2D eigenvalue weighted by Crippen LogP contribution is -2.45. The zero-order valence-corrected chi connectivity index (χ0v) is 18.9. The third-order valence-electron chi connectivity index (χ3n) is 7.29. The van der Waals surface area contributed by atoms with Crippen LogP contribution >= 0.6 is 0 Å². The number of benzene rings is 2. The van der Waals surface area contributed by atoms with Gasteiger partial charge in [-0.05, 0) is 54.5 Å². The molecule has 0 aromatic heterocycles. The van der Waals surface area contributed by atoms with Gasteiger partial charge in [0.25, 0.3) is 5.91 Å². The van der Waals surface area contributed by atoms with Crippen LogP contribution in [0.15, 0.2) is 48.5 Å². The normalized spacial score (nSPS) is 24.6. The van der Waals surface area contributed by atoms with Crippen molar-refractivity contribution in [2.24, 2.45) is 0 Å². The van der Waals surface area contributed by atoms with Gasteiger partial charge in [-0.15, -0.1) is 0 Å². The Morgan fingerprint density at radius 3 is 2.67 bits per heavy atom. The molecule has 0 radical (unpaired) electrons. The number of imide groups is 1. The quantitative estimate of drug-likeness (QED) is 0.728. The van der Waals surface area contributed by atoms with Crippen LogP contribution in [0.3, 0.4) is 0 Å². The van der Waals surface area contributed by atoms with Crippen LogP contribution in [0.4, 0.5) is 4.79 Å². The summed E-state index contributed by atoms with van der Waals surface area (Å²) >= 11 is 0. The van der Waals surface area contributed by atoms with Gasteiger partial charge in [0, 0.05) is 6.54 Å². The van der Waals surface area contributed by atoms with Crippen molar-refractivity contribution >= 4 is 17.8 Å². The SMILES string of the molecule is COc1ccc(C2CCCCCN2C(=O)CN2C(=O)NC3(CCc4ccccc43)C2=O)cc1. The number of methoxy groups -OCH3 is 1. The summed E-state index contributed by atoms with van der Waals surface area (Å²) in [5.74, 6) is 0.262. The Bertz CT molecular complexity index is 1080. The molecular weight excluding hydrogens is 418 g/mol. The third kappa shape index (κ3) is 3.65. The molecule has 3 aliphatic rings. The first-order chi connectivity index (χ1) is 16.0. The van der Waals surface area contributed by atoms with Crippen LogP contribution in [-0.2, 0) is 21.5 Å². The number of nitrogens with one attached hydrogen (secondary N) is 1. The van der Waals surface area contributed by atoms with Gasteiger partial charge in [-0.25, -0.2) is 4.79 Å². The molecule has 0 bridgehead atoms. The number of amides is 4. The molecule has 4 amide bonds. The lowest BCUT2D eigenvalue weighted by Gasteiger charge is -2.32. The second-order valence-electron chi connectivity index (χ2n) is 9.11. The number of carbonyl (C=O) groups is 3. The monoisotopic (exact) mass is 447 g/mol. The van der Waals surface area contributed by atoms with Crippen molar-refractivity contribution < 1.29 is 19.1 Å². The zero-order valence-electron chi connectivity index (χ0n) is 18.9. The highest BCUT2D eigenvalue weighted by molar-refractivity contribution is 6.10. The van der Waals surface area contributed by atoms with Crippen LogP contribution < -0.4 is 10.1 Å². The molecule has 33 heavy (non-hydrogen) atoms. The van der Waals surface area contributed by atoms with E-state index in [0.717, 1.165) is 59.4 Å². The number of carbonyl (C=O) groups excluding carboxylic acids is 3. The summed E-state index contributed by atoms with van der Waals surface area (Å²) < 4.78 is 5.27. The van der Waals surface area contributed by atoms with Gasteiger partial charge in [0.15, 0.2) is 0 Å². The van der Waals surface area contributed by atoms with Crippen LogP contribution in [0.2, 0.25) is 0 Å². The molecule has 0 saturated carbocycles. The van der Waals surface area contributed by atoms with Crippen molar-refractivity contribution in [1.29, 1.82) is 0 Å². The number of urea groups is 1. The Kier molecular flexibility index (Phi) is 5.56. The van der Waals surface area contributed by atoms with Gasteiger partial charge < -0.3 is 15.0 Å². The predicted octanol–water partition coefficient (Wildman–Crippen LogP) is 3.53. The smallest absolute Gasteiger partial charge is 0.325 e. The summed E-state index contributed by atoms with van der Waals surface area (Å²) in [7, 11) is 1.63. The standard InChI is InChI=1S/C26H29N3O4/c1-33-20-12-10-19(11-13-20)22-9-3-2-6-16-28(22)23(30)17-29-24(31)26(27-25(29)32)15-14-18-7-4-5-8-21(18)26/h4-5,7-8,10-13,22H,2-3,6,9,14-17H2,1H3,(H,27,32). The molecule has 7 heteroatoms. The van der Waals surface area contributed by atoms with E-state index in [-0.39, 0.29) is 24.4 Å². The molecule has 2 fully saturated rings. The Balaban J connectivity index is 1.37. The highest BCUT2D eigenvalue weighted by Gasteiger charge is 2.55. The van der Waals surface area contributed by atoms with Crippen LogP contribution in [0.25, 0.3) is 0 Å². The molecule has 2 saturated heterocycles. The van der Waals surface area contributed by atoms with Crippen LogP contribution in [0.1, 0.15) is 54.8 Å². The first-order valence-corrected chi connectivity index (χ1v) is 11.7. The average Bonchev–Trinajstić information content (AvgIpc) is 3.18. The molecule has 2 heterocycles. The Morgan fingerprint density at radius 1 is 1.09 bits per heavy atom. The molecule has 1 spiro atoms. The van der Waals surface area contributed by atoms with Gasteiger partial charge in [-0.3, -0.25) is 14.5 Å². The molecule has 1 aliphatic carbocycles. The van der Waals surface area contributed by atoms with Crippen molar-refractivity contribution in [2.75, 3.05) is 20.2 Å². The van der Waals surface area contributed by atoms with Gasteiger partial charge in [0.2, 0.25) is 5.91 Å². The largest absolute Gasteiger partial charge is 0.497 e. The number of likely N-dealkylation sites (tertiary alicyclic amines) is 1. The molecule has 2 unspecified atom stereocenters. The predicted molar refractivity (Wildman–Crippen MR) is 123 cm³/mol. The minimum atomic E-state index is -1.04. The van der Waals surface area contributed by atoms with Gasteiger partial charge in [0.05, 0.1) is 13.2 Å². The van der Waals surface area contributed by atoms with Gasteiger partial charge >= 0.3 is 6.03 Å². The maximum absolute atomic E-state index is 13.5. The maximum atomic E-state index is 13.5. The number of ether oxygens (including phenoxy) is 1. The van der Waals surface area contributed by atoms with E-state index in [1.807, 2.05) is 53.4 Å². The molecule has 7 nitrogen and oxygen atoms in total. The molecule has 5 rings (SSSR count). The summed E-state index contributed by atoms with van der Waals surface area (Å²) in [5.41, 5.74) is 1.93. The fourth-order valence-corrected chi connectivity index (χ4v) is 5.54. The summed E-state index contributed by atoms with van der Waals surface area (Å²) in [6, 6.07) is 15.0. The van der Waals surface area contributed by atoms with Crippen LogP contribution in [-0.4, -0.2) is 47.8 Å². The molecule has 172 valence electrons. The third-order valence-corrected chi connectivity index (χ3v) is 7.29. The number of hydrogen-bond acceptors (Lipinski definition) is 4. The van der Waals surface area contributed by atoms with E-state index in [1.165, 1.54) is 0 Å². The van der Waals surface area contributed by atoms with E-state index in [9.17, 15) is 14.4 Å². The molecule has 1 N–H and O–H groups in total. The first-order valence-electron chi connectivity index (χ1n) is 11.7. The highest BCUT2D eigenvalue weighted by Crippen LogP contribution is 2.41. The average molecular weight is 448 g/mol. The minimum absolute atomic E-state index is 0.0761. The Morgan fingerprint density at radius 2 is 1.88 bits per heavy atom. The topological polar surface area (TPSA) is 79.0 Å². The molecule has 2 aliphatic heterocycles. The van der Waals surface area contributed by atoms with Crippen LogP contribution in [0, 0.1) is 0 Å². The van der Waals surface area contributed by atoms with Crippen molar-refractivity contribution in [1.82, 2.24) is 15.1 Å². The minimum Gasteiger partial charge on any atom is -0.497 e. The Labute approximate surface area is 193 Å². The van der Waals surface area contributed by atoms with Gasteiger partial charge in [-0.2, -0.15) is 0 Å². The first kappa shape index (κ1) is 21.5. The highest BCUT2D eigenvalue weighted by atomic mass is 16.5. The molecule has 2 aromatic rings. The van der Waals surface area contributed by atoms with Gasteiger partial charge in [-0.1, -0.05) is 49.2 Å². The second kappa shape index (κ2) is 8.54. The molecule has 2 aromatic carbocycles. The number of fused-ring (bicyclic) bond motifs is 2. The molecule has 2 atom stereocenters. The lowest BCUT2D eigenvalue weighted by atomic mass is 9.92. The van der Waals surface area contributed by atoms with E-state index < -0.39 is 11.6 Å². The fraction of sp³-hybridized carbons (Fsp3) is 0.423. The van der Waals surface area contributed by atoms with E-state index in [0.29, 0.717) is 13.0 Å². The van der Waals surface area contributed by atoms with E-state index in [4.69, 9.17) is 4.74 Å². The zero-order chi connectivity index (χ0) is 23.0. The second-order valence-corrected chi connectivity index (χ2v) is 9.11. The van der Waals surface area contributed by atoms with Crippen molar-refractivity contribution in [3.8, 4) is 5.75 Å². The number of aryl methyl sites for hydroxylation is 1. The van der Waals surface area contributed by atoms with E-state index in [2.05, 4.69) is 5.32 Å². The van der Waals surface area contributed by atoms with Crippen LogP contribution in [0.5, 0.6) is 5.75 Å². The fourth-order valence-electron chi connectivity index (χ4n) is 5.54. The Hall–Kier alpha value is -3.35. The van der Waals surface area contributed by atoms with Crippen molar-refractivity contribution in [3.05, 3.63) is 65.2 Å². The number of hydrogen-bond donors (Lipinski definition) is 1. The number of rotatable bonds is 4. The summed E-state index contributed by atoms with van der Waals surface area (Å²) in [5, 5.41) is 2.91. The summed E-state index contributed by atoms with van der Waals surface area (Å²) in [6.45, 7) is 0.383. The van der Waals surface area contributed by atoms with Crippen molar-refractivity contribution in [2.45, 2.75) is 50.1 Å². The van der Waals surface area contributed by atoms with Crippen molar-refractivity contribution in [3.63, 3.8) is 0 Å². The lowest BCUT2D eigenvalue weighted by molar-refractivity contribution is -0.140. The summed E-state index contributed by atoms with van der Waals surface area (Å²) in [4.78, 5) is 42.8. The van der Waals surface area contributed by atoms with E-state index in [1.54, 1.807) is 7.11 Å². The molecular formula is C26H29N3O4. The van der Waals surface area contributed by atoms with Gasteiger partial charge in [0.1, 0.15) is 17.8 Å². The van der Waals surface area contributed by atoms with E-state index >= 15 is 0 Å². The maximum Gasteiger partial charge on any atom is 0.325 e.